The van der Waals surface area contributed by atoms with Crippen LogP contribution in [-0.2, 0) is 21.2 Å². The minimum absolute atomic E-state index is 0.0117. The largest absolute Gasteiger partial charge is 0.493 e. The molecule has 0 aliphatic rings. The monoisotopic (exact) mass is 572 g/mol. The Kier molecular flexibility index (Phi) is 10.8. The maximum atomic E-state index is 13.2. The Bertz CT molecular complexity index is 1400. The summed E-state index contributed by atoms with van der Waals surface area (Å²) in [6, 6.07) is 17.4. The molecule has 0 saturated heterocycles. The summed E-state index contributed by atoms with van der Waals surface area (Å²) in [5.41, 5.74) is 2.05. The molecule has 1 atom stereocenters. The maximum absolute atomic E-state index is 13.2. The molecule has 1 amide bonds. The number of thioether (sulfide) groups is 1. The summed E-state index contributed by atoms with van der Waals surface area (Å²) in [6.45, 7) is 0.135. The highest BCUT2D eigenvalue weighted by Crippen LogP contribution is 2.29. The average Bonchev–Trinajstić information content (AvgIpc) is 2.94. The fraction of sp³-hybridized carbons (Fsp3) is 0.286. The topological polar surface area (TPSA) is 131 Å². The molecule has 0 bridgehead atoms. The van der Waals surface area contributed by atoms with Crippen molar-refractivity contribution in [2.45, 2.75) is 23.8 Å². The quantitative estimate of drug-likeness (QED) is 0.266. The van der Waals surface area contributed by atoms with Gasteiger partial charge in [0.15, 0.2) is 11.5 Å². The van der Waals surface area contributed by atoms with Gasteiger partial charge in [-0.25, -0.2) is 17.9 Å². The van der Waals surface area contributed by atoms with Gasteiger partial charge in [-0.3, -0.25) is 4.79 Å². The third kappa shape index (κ3) is 7.98. The summed E-state index contributed by atoms with van der Waals surface area (Å²) in [7, 11) is -0.840. The highest BCUT2D eigenvalue weighted by Gasteiger charge is 2.24. The molecule has 3 aromatic rings. The van der Waals surface area contributed by atoms with E-state index >= 15 is 0 Å². The normalized spacial score (nSPS) is 12.0. The average molecular weight is 573 g/mol. The second-order valence-corrected chi connectivity index (χ2v) is 11.3. The van der Waals surface area contributed by atoms with Crippen LogP contribution in [0.2, 0.25) is 0 Å². The van der Waals surface area contributed by atoms with Crippen molar-refractivity contribution >= 4 is 33.7 Å². The second-order valence-electron chi connectivity index (χ2n) is 8.56. The number of hydrogen-bond acceptors (Lipinski definition) is 7. The first-order valence-corrected chi connectivity index (χ1v) is 15.0. The van der Waals surface area contributed by atoms with E-state index in [0.29, 0.717) is 34.8 Å². The van der Waals surface area contributed by atoms with E-state index in [1.54, 1.807) is 43.5 Å². The van der Waals surface area contributed by atoms with Crippen molar-refractivity contribution in [3.8, 4) is 22.6 Å². The Morgan fingerprint density at radius 2 is 1.69 bits per heavy atom. The minimum atomic E-state index is -3.91. The summed E-state index contributed by atoms with van der Waals surface area (Å²) < 4.78 is 39.5. The van der Waals surface area contributed by atoms with E-state index in [2.05, 4.69) is 10.0 Å². The van der Waals surface area contributed by atoms with Crippen molar-refractivity contribution in [2.75, 3.05) is 32.8 Å². The van der Waals surface area contributed by atoms with Crippen molar-refractivity contribution < 1.29 is 32.6 Å². The third-order valence-electron chi connectivity index (χ3n) is 6.00. The van der Waals surface area contributed by atoms with E-state index in [9.17, 15) is 23.1 Å². The fourth-order valence-electron chi connectivity index (χ4n) is 3.92. The van der Waals surface area contributed by atoms with Crippen LogP contribution in [0.5, 0.6) is 11.5 Å². The van der Waals surface area contributed by atoms with E-state index in [0.717, 1.165) is 5.56 Å². The fourth-order valence-corrected chi connectivity index (χ4v) is 5.45. The molecule has 0 aliphatic carbocycles. The lowest BCUT2D eigenvalue weighted by molar-refractivity contribution is -0.139. The number of carboxylic acid groups (broad SMARTS) is 1. The zero-order valence-electron chi connectivity index (χ0n) is 22.0. The lowest BCUT2D eigenvalue weighted by atomic mass is 9.99. The summed E-state index contributed by atoms with van der Waals surface area (Å²) in [5.74, 6) is -0.0185. The van der Waals surface area contributed by atoms with Gasteiger partial charge < -0.3 is 19.9 Å². The summed E-state index contributed by atoms with van der Waals surface area (Å²) in [4.78, 5) is 24.8. The van der Waals surface area contributed by atoms with Gasteiger partial charge in [0.05, 0.1) is 19.1 Å². The zero-order valence-corrected chi connectivity index (χ0v) is 23.6. The molecular weight excluding hydrogens is 540 g/mol. The molecule has 3 N–H and O–H groups in total. The first-order valence-electron chi connectivity index (χ1n) is 12.1. The molecule has 0 aliphatic heterocycles. The van der Waals surface area contributed by atoms with E-state index in [1.165, 1.54) is 37.1 Å². The van der Waals surface area contributed by atoms with Gasteiger partial charge in [0.2, 0.25) is 10.0 Å². The van der Waals surface area contributed by atoms with Crippen molar-refractivity contribution in [3.63, 3.8) is 0 Å². The number of sulfonamides is 1. The predicted molar refractivity (Wildman–Crippen MR) is 152 cm³/mol. The van der Waals surface area contributed by atoms with Crippen LogP contribution in [0.25, 0.3) is 11.1 Å². The van der Waals surface area contributed by atoms with Crippen LogP contribution >= 0.6 is 11.8 Å². The van der Waals surface area contributed by atoms with E-state index in [4.69, 9.17) is 9.47 Å². The van der Waals surface area contributed by atoms with E-state index in [1.807, 2.05) is 18.4 Å². The Hall–Kier alpha value is -3.54. The molecule has 39 heavy (non-hydrogen) atoms. The SMILES string of the molecule is COc1ccc(CCNS(=O)(=O)c2ccc(C(=O)N[C@@H](CCSC)C(=O)O)c(-c3ccccc3)c2)cc1OC. The first kappa shape index (κ1) is 30.0. The molecule has 0 unspecified atom stereocenters. The van der Waals surface area contributed by atoms with Crippen LogP contribution in [0, 0.1) is 0 Å². The lowest BCUT2D eigenvalue weighted by Gasteiger charge is -2.17. The first-order chi connectivity index (χ1) is 18.7. The van der Waals surface area contributed by atoms with Crippen LogP contribution < -0.4 is 19.5 Å². The minimum Gasteiger partial charge on any atom is -0.493 e. The second kappa shape index (κ2) is 14.0. The molecule has 0 aromatic heterocycles. The summed E-state index contributed by atoms with van der Waals surface area (Å²) in [5, 5.41) is 12.1. The molecule has 0 spiro atoms. The highest BCUT2D eigenvalue weighted by molar-refractivity contribution is 7.98. The number of rotatable bonds is 14. The number of carbonyl (C=O) groups excluding carboxylic acids is 1. The molecule has 0 saturated carbocycles. The molecular formula is C28H32N2O7S2. The highest BCUT2D eigenvalue weighted by atomic mass is 32.2. The van der Waals surface area contributed by atoms with Crippen LogP contribution in [0.15, 0.2) is 71.6 Å². The molecule has 0 fully saturated rings. The third-order valence-corrected chi connectivity index (χ3v) is 8.10. The molecule has 0 heterocycles. The van der Waals surface area contributed by atoms with Gasteiger partial charge in [0.1, 0.15) is 6.04 Å². The number of hydrogen-bond donors (Lipinski definition) is 3. The van der Waals surface area contributed by atoms with Crippen molar-refractivity contribution in [1.29, 1.82) is 0 Å². The number of carboxylic acids is 1. The van der Waals surface area contributed by atoms with Crippen LogP contribution in [0.3, 0.4) is 0 Å². The number of aliphatic carboxylic acids is 1. The number of methoxy groups -OCH3 is 2. The Labute approximate surface area is 233 Å². The summed E-state index contributed by atoms with van der Waals surface area (Å²) >= 11 is 1.48. The lowest BCUT2D eigenvalue weighted by Crippen LogP contribution is -2.41. The van der Waals surface area contributed by atoms with Gasteiger partial charge in [-0.2, -0.15) is 11.8 Å². The van der Waals surface area contributed by atoms with Gasteiger partial charge in [-0.05, 0) is 71.9 Å². The number of ether oxygens (including phenoxy) is 2. The molecule has 0 radical (unpaired) electrons. The molecule has 11 heteroatoms. The molecule has 3 aromatic carbocycles. The maximum Gasteiger partial charge on any atom is 0.326 e. The number of carbonyl (C=O) groups is 2. The van der Waals surface area contributed by atoms with Gasteiger partial charge in [0, 0.05) is 12.1 Å². The van der Waals surface area contributed by atoms with Crippen LogP contribution in [0.1, 0.15) is 22.3 Å². The van der Waals surface area contributed by atoms with E-state index < -0.39 is 27.9 Å². The number of nitrogens with one attached hydrogen (secondary N) is 2. The molecule has 9 nitrogen and oxygen atoms in total. The Morgan fingerprint density at radius 1 is 0.974 bits per heavy atom. The smallest absolute Gasteiger partial charge is 0.326 e. The van der Waals surface area contributed by atoms with Crippen LogP contribution in [0.4, 0.5) is 0 Å². The molecule has 3 rings (SSSR count). The Morgan fingerprint density at radius 3 is 2.33 bits per heavy atom. The van der Waals surface area contributed by atoms with Gasteiger partial charge >= 0.3 is 5.97 Å². The standard InChI is InChI=1S/C28H32N2O7S2/c1-36-25-12-9-19(17-26(25)37-2)13-15-29-39(34,35)21-10-11-22(23(18-21)20-7-5-4-6-8-20)27(31)30-24(28(32)33)14-16-38-3/h4-12,17-18,24,29H,13-16H2,1-3H3,(H,30,31)(H,32,33)/t24-/m0/s1. The van der Waals surface area contributed by atoms with Crippen molar-refractivity contribution in [1.82, 2.24) is 10.0 Å². The van der Waals surface area contributed by atoms with E-state index in [-0.39, 0.29) is 23.4 Å². The molecule has 208 valence electrons. The van der Waals surface area contributed by atoms with Gasteiger partial charge in [-0.1, -0.05) is 36.4 Å². The van der Waals surface area contributed by atoms with Gasteiger partial charge in [0.25, 0.3) is 5.91 Å². The summed E-state index contributed by atoms with van der Waals surface area (Å²) in [6.07, 6.45) is 2.53. The van der Waals surface area contributed by atoms with Crippen LogP contribution in [-0.4, -0.2) is 64.2 Å². The predicted octanol–water partition coefficient (Wildman–Crippen LogP) is 3.83. The Balaban J connectivity index is 1.84. The van der Waals surface area contributed by atoms with Crippen molar-refractivity contribution in [3.05, 3.63) is 77.9 Å². The number of benzene rings is 3. The number of amides is 1. The zero-order chi connectivity index (χ0) is 28.4. The van der Waals surface area contributed by atoms with Gasteiger partial charge in [-0.15, -0.1) is 0 Å². The van der Waals surface area contributed by atoms with Crippen molar-refractivity contribution in [2.24, 2.45) is 0 Å².